The van der Waals surface area contributed by atoms with E-state index in [0.717, 1.165) is 51.1 Å². The van der Waals surface area contributed by atoms with E-state index in [1.165, 1.54) is 25.7 Å². The van der Waals surface area contributed by atoms with Gasteiger partial charge in [0.05, 0.1) is 5.92 Å². The number of hydrogen-bond acceptors (Lipinski definition) is 2. The minimum atomic E-state index is 0.0532. The summed E-state index contributed by atoms with van der Waals surface area (Å²) in [6.07, 6.45) is 10.3. The zero-order valence-corrected chi connectivity index (χ0v) is 15.1. The van der Waals surface area contributed by atoms with Crippen LogP contribution in [0, 0.1) is 23.7 Å². The zero-order chi connectivity index (χ0) is 16.7. The topological polar surface area (TPSA) is 40.6 Å². The van der Waals surface area contributed by atoms with Crippen molar-refractivity contribution in [3.8, 4) is 0 Å². The standard InChI is InChI=1S/C20H32N2O2/c1-14-10-12-22(18-7-3-2-6-17(14)18)20(24)16-5-4-11-21(13-16)19(23)15-8-9-15/h14-18H,2-13H2,1H3/t14-,16-,17+,18+/m1/s1. The lowest BCUT2D eigenvalue weighted by atomic mass is 9.72. The average Bonchev–Trinajstić information content (AvgIpc) is 3.46. The smallest absolute Gasteiger partial charge is 0.227 e. The molecule has 4 rings (SSSR count). The number of carbonyl (C=O) groups is 2. The van der Waals surface area contributed by atoms with Gasteiger partial charge >= 0.3 is 0 Å². The lowest BCUT2D eigenvalue weighted by Gasteiger charge is -2.48. The van der Waals surface area contributed by atoms with Crippen molar-refractivity contribution in [1.29, 1.82) is 0 Å². The Morgan fingerprint density at radius 1 is 0.792 bits per heavy atom. The lowest BCUT2D eigenvalue weighted by Crippen LogP contribution is -2.56. The second-order valence-electron chi connectivity index (χ2n) is 8.71. The Bertz CT molecular complexity index is 502. The summed E-state index contributed by atoms with van der Waals surface area (Å²) in [7, 11) is 0. The van der Waals surface area contributed by atoms with E-state index in [9.17, 15) is 9.59 Å². The fourth-order valence-electron chi connectivity index (χ4n) is 5.39. The quantitative estimate of drug-likeness (QED) is 0.780. The first-order valence-corrected chi connectivity index (χ1v) is 10.2. The third-order valence-electron chi connectivity index (χ3n) is 7.03. The van der Waals surface area contributed by atoms with Crippen LogP contribution in [0.15, 0.2) is 0 Å². The second-order valence-corrected chi connectivity index (χ2v) is 8.71. The van der Waals surface area contributed by atoms with Crippen LogP contribution in [0.1, 0.15) is 64.7 Å². The number of piperidine rings is 2. The number of nitrogens with zero attached hydrogens (tertiary/aromatic N) is 2. The van der Waals surface area contributed by atoms with E-state index < -0.39 is 0 Å². The predicted octanol–water partition coefficient (Wildman–Crippen LogP) is 3.06. The molecule has 2 aliphatic heterocycles. The maximum atomic E-state index is 13.3. The Kier molecular flexibility index (Phi) is 4.57. The van der Waals surface area contributed by atoms with Crippen LogP contribution in [-0.4, -0.2) is 47.3 Å². The molecule has 0 unspecified atom stereocenters. The van der Waals surface area contributed by atoms with Crippen molar-refractivity contribution in [2.75, 3.05) is 19.6 Å². The number of fused-ring (bicyclic) bond motifs is 1. The van der Waals surface area contributed by atoms with Gasteiger partial charge in [0.25, 0.3) is 0 Å². The van der Waals surface area contributed by atoms with Crippen molar-refractivity contribution in [2.45, 2.75) is 70.8 Å². The van der Waals surface area contributed by atoms with E-state index in [1.807, 2.05) is 4.90 Å². The van der Waals surface area contributed by atoms with Gasteiger partial charge in [-0.25, -0.2) is 0 Å². The summed E-state index contributed by atoms with van der Waals surface area (Å²) in [5.74, 6) is 2.47. The van der Waals surface area contributed by atoms with Crippen LogP contribution < -0.4 is 0 Å². The van der Waals surface area contributed by atoms with Crippen molar-refractivity contribution in [3.63, 3.8) is 0 Å². The third kappa shape index (κ3) is 3.09. The molecule has 0 aromatic carbocycles. The Balaban J connectivity index is 1.43. The minimum absolute atomic E-state index is 0.0532. The van der Waals surface area contributed by atoms with E-state index in [-0.39, 0.29) is 11.8 Å². The highest BCUT2D eigenvalue weighted by Gasteiger charge is 2.43. The molecule has 0 aromatic heterocycles. The van der Waals surface area contributed by atoms with Gasteiger partial charge in [0, 0.05) is 31.6 Å². The molecule has 2 heterocycles. The van der Waals surface area contributed by atoms with Gasteiger partial charge in [0.1, 0.15) is 0 Å². The summed E-state index contributed by atoms with van der Waals surface area (Å²) in [5.41, 5.74) is 0. The maximum absolute atomic E-state index is 13.3. The van der Waals surface area contributed by atoms with Crippen LogP contribution >= 0.6 is 0 Å². The Labute approximate surface area is 145 Å². The summed E-state index contributed by atoms with van der Waals surface area (Å²) in [6, 6.07) is 0.476. The zero-order valence-electron chi connectivity index (χ0n) is 15.1. The molecule has 4 nitrogen and oxygen atoms in total. The van der Waals surface area contributed by atoms with Crippen molar-refractivity contribution in [2.24, 2.45) is 23.7 Å². The van der Waals surface area contributed by atoms with Crippen LogP contribution in [0.3, 0.4) is 0 Å². The van der Waals surface area contributed by atoms with E-state index in [0.29, 0.717) is 30.3 Å². The minimum Gasteiger partial charge on any atom is -0.342 e. The number of amides is 2. The second kappa shape index (κ2) is 6.68. The molecular formula is C20H32N2O2. The molecule has 4 atom stereocenters. The third-order valence-corrected chi connectivity index (χ3v) is 7.03. The monoisotopic (exact) mass is 332 g/mol. The van der Waals surface area contributed by atoms with Crippen molar-refractivity contribution >= 4 is 11.8 Å². The first-order chi connectivity index (χ1) is 11.6. The van der Waals surface area contributed by atoms with Crippen LogP contribution in [0.2, 0.25) is 0 Å². The van der Waals surface area contributed by atoms with Gasteiger partial charge in [-0.05, 0) is 56.8 Å². The van der Waals surface area contributed by atoms with E-state index in [2.05, 4.69) is 11.8 Å². The Hall–Kier alpha value is -1.06. The molecule has 0 N–H and O–H groups in total. The van der Waals surface area contributed by atoms with Crippen molar-refractivity contribution in [3.05, 3.63) is 0 Å². The van der Waals surface area contributed by atoms with Gasteiger partial charge in [-0.15, -0.1) is 0 Å². The van der Waals surface area contributed by atoms with Gasteiger partial charge in [0.15, 0.2) is 0 Å². The SMILES string of the molecule is C[C@@H]1CCN(C(=O)[C@@H]2CCCN(C(=O)C3CC3)C2)[C@H]2CCCC[C@@H]12. The summed E-state index contributed by atoms with van der Waals surface area (Å²) >= 11 is 0. The van der Waals surface area contributed by atoms with Crippen molar-refractivity contribution in [1.82, 2.24) is 9.80 Å². The number of carbonyl (C=O) groups excluding carboxylic acids is 2. The highest BCUT2D eigenvalue weighted by Crippen LogP contribution is 2.40. The highest BCUT2D eigenvalue weighted by molar-refractivity contribution is 5.83. The first-order valence-electron chi connectivity index (χ1n) is 10.2. The first kappa shape index (κ1) is 16.4. The molecule has 4 heteroatoms. The Morgan fingerprint density at radius 2 is 1.58 bits per heavy atom. The molecule has 4 aliphatic rings. The molecule has 2 saturated heterocycles. The molecular weight excluding hydrogens is 300 g/mol. The number of hydrogen-bond donors (Lipinski definition) is 0. The molecule has 2 saturated carbocycles. The molecule has 2 aliphatic carbocycles. The molecule has 0 spiro atoms. The summed E-state index contributed by atoms with van der Waals surface area (Å²) in [4.78, 5) is 29.9. The van der Waals surface area contributed by atoms with E-state index in [4.69, 9.17) is 0 Å². The van der Waals surface area contributed by atoms with E-state index >= 15 is 0 Å². The van der Waals surface area contributed by atoms with Gasteiger partial charge in [-0.3, -0.25) is 9.59 Å². The normalized spacial score (nSPS) is 37.0. The van der Waals surface area contributed by atoms with E-state index in [1.54, 1.807) is 0 Å². The average molecular weight is 332 g/mol. The van der Waals surface area contributed by atoms with Crippen LogP contribution in [-0.2, 0) is 9.59 Å². The molecule has 0 bridgehead atoms. The maximum Gasteiger partial charge on any atom is 0.227 e. The number of likely N-dealkylation sites (tertiary alicyclic amines) is 2. The summed E-state index contributed by atoms with van der Waals surface area (Å²) < 4.78 is 0. The molecule has 134 valence electrons. The highest BCUT2D eigenvalue weighted by atomic mass is 16.2. The van der Waals surface area contributed by atoms with Crippen LogP contribution in [0.25, 0.3) is 0 Å². The molecule has 4 fully saturated rings. The van der Waals surface area contributed by atoms with Crippen LogP contribution in [0.5, 0.6) is 0 Å². The predicted molar refractivity (Wildman–Crippen MR) is 93.3 cm³/mol. The van der Waals surface area contributed by atoms with Gasteiger partial charge in [-0.1, -0.05) is 19.8 Å². The Morgan fingerprint density at radius 3 is 2.38 bits per heavy atom. The molecule has 24 heavy (non-hydrogen) atoms. The van der Waals surface area contributed by atoms with Gasteiger partial charge in [0.2, 0.25) is 11.8 Å². The molecule has 2 amide bonds. The van der Waals surface area contributed by atoms with Crippen LogP contribution in [0.4, 0.5) is 0 Å². The fraction of sp³-hybridized carbons (Fsp3) is 0.900. The molecule has 0 radical (unpaired) electrons. The molecule has 0 aromatic rings. The van der Waals surface area contributed by atoms with Gasteiger partial charge < -0.3 is 9.80 Å². The summed E-state index contributed by atoms with van der Waals surface area (Å²) in [6.45, 7) is 4.86. The fourth-order valence-corrected chi connectivity index (χ4v) is 5.39. The lowest BCUT2D eigenvalue weighted by molar-refractivity contribution is -0.147. The van der Waals surface area contributed by atoms with Gasteiger partial charge in [-0.2, -0.15) is 0 Å². The summed E-state index contributed by atoms with van der Waals surface area (Å²) in [5, 5.41) is 0. The van der Waals surface area contributed by atoms with Crippen molar-refractivity contribution < 1.29 is 9.59 Å². The largest absolute Gasteiger partial charge is 0.342 e. The number of rotatable bonds is 2.